The molecule has 8 nitrogen and oxygen atoms in total. The van der Waals surface area contributed by atoms with Crippen LogP contribution in [0.25, 0.3) is 0 Å². The van der Waals surface area contributed by atoms with Crippen LogP contribution in [-0.4, -0.2) is 63.5 Å². The Kier molecular flexibility index (Phi) is 8.93. The van der Waals surface area contributed by atoms with Gasteiger partial charge in [-0.05, 0) is 55.3 Å². The van der Waals surface area contributed by atoms with E-state index in [1.807, 2.05) is 19.1 Å². The third kappa shape index (κ3) is 7.27. The molecule has 1 aliphatic rings. The number of carbonyl (C=O) groups excluding carboxylic acids is 1. The summed E-state index contributed by atoms with van der Waals surface area (Å²) < 4.78 is 38.6. The molecule has 0 atom stereocenters. The number of benzene rings is 2. The van der Waals surface area contributed by atoms with Crippen LogP contribution in [0.5, 0.6) is 0 Å². The van der Waals surface area contributed by atoms with E-state index >= 15 is 0 Å². The van der Waals surface area contributed by atoms with Gasteiger partial charge in [0.25, 0.3) is 5.91 Å². The van der Waals surface area contributed by atoms with E-state index < -0.39 is 10.0 Å². The highest BCUT2D eigenvalue weighted by Gasteiger charge is 2.19. The molecule has 0 saturated carbocycles. The van der Waals surface area contributed by atoms with Crippen molar-refractivity contribution in [3.05, 3.63) is 89.4 Å². The largest absolute Gasteiger partial charge is 0.467 e. The Labute approximate surface area is 212 Å². The van der Waals surface area contributed by atoms with Crippen LogP contribution in [0.1, 0.15) is 33.7 Å². The molecule has 4 rings (SSSR count). The zero-order valence-corrected chi connectivity index (χ0v) is 21.4. The van der Waals surface area contributed by atoms with Gasteiger partial charge in [0.05, 0.1) is 30.9 Å². The van der Waals surface area contributed by atoms with Gasteiger partial charge in [0.2, 0.25) is 10.0 Å². The van der Waals surface area contributed by atoms with E-state index in [1.165, 1.54) is 0 Å². The third-order valence-electron chi connectivity index (χ3n) is 6.22. The molecular weight excluding hydrogens is 478 g/mol. The minimum atomic E-state index is -3.61. The van der Waals surface area contributed by atoms with Gasteiger partial charge in [0, 0.05) is 38.3 Å². The molecule has 0 spiro atoms. The van der Waals surface area contributed by atoms with E-state index in [0.29, 0.717) is 18.7 Å². The molecule has 192 valence electrons. The zero-order chi connectivity index (χ0) is 25.4. The molecule has 0 bridgehead atoms. The highest BCUT2D eigenvalue weighted by molar-refractivity contribution is 7.89. The van der Waals surface area contributed by atoms with Gasteiger partial charge < -0.3 is 14.1 Å². The minimum Gasteiger partial charge on any atom is -0.467 e. The quantitative estimate of drug-likeness (QED) is 0.424. The van der Waals surface area contributed by atoms with E-state index in [4.69, 9.17) is 9.15 Å². The molecule has 9 heteroatoms. The molecule has 1 saturated heterocycles. The Bertz CT molecular complexity index is 1200. The first kappa shape index (κ1) is 26.1. The lowest BCUT2D eigenvalue weighted by Crippen LogP contribution is -2.39. The van der Waals surface area contributed by atoms with Crippen molar-refractivity contribution in [1.29, 1.82) is 0 Å². The smallest absolute Gasteiger partial charge is 0.254 e. The first-order chi connectivity index (χ1) is 17.4. The Morgan fingerprint density at radius 3 is 2.42 bits per heavy atom. The predicted octanol–water partition coefficient (Wildman–Crippen LogP) is 3.43. The van der Waals surface area contributed by atoms with Gasteiger partial charge in [-0.3, -0.25) is 9.69 Å². The van der Waals surface area contributed by atoms with Gasteiger partial charge in [-0.25, -0.2) is 13.1 Å². The lowest BCUT2D eigenvalue weighted by molar-refractivity contribution is 0.0354. The summed E-state index contributed by atoms with van der Waals surface area (Å²) in [5.74, 6) is 0.650. The van der Waals surface area contributed by atoms with Crippen molar-refractivity contribution in [1.82, 2.24) is 14.5 Å². The summed E-state index contributed by atoms with van der Waals surface area (Å²) in [6, 6.07) is 17.5. The monoisotopic (exact) mass is 511 g/mol. The molecule has 0 aliphatic carbocycles. The first-order valence-corrected chi connectivity index (χ1v) is 13.7. The zero-order valence-electron chi connectivity index (χ0n) is 20.6. The molecule has 36 heavy (non-hydrogen) atoms. The van der Waals surface area contributed by atoms with Crippen molar-refractivity contribution in [2.24, 2.45) is 0 Å². The predicted molar refractivity (Wildman–Crippen MR) is 137 cm³/mol. The molecule has 1 aromatic heterocycles. The Hall–Kier alpha value is -2.98. The summed E-state index contributed by atoms with van der Waals surface area (Å²) in [6.07, 6.45) is 2.46. The third-order valence-corrected chi connectivity index (χ3v) is 7.64. The molecule has 2 heterocycles. The van der Waals surface area contributed by atoms with E-state index in [-0.39, 0.29) is 17.3 Å². The van der Waals surface area contributed by atoms with Crippen molar-refractivity contribution in [2.75, 3.05) is 39.4 Å². The fourth-order valence-electron chi connectivity index (χ4n) is 4.08. The van der Waals surface area contributed by atoms with E-state index in [9.17, 15) is 13.2 Å². The summed E-state index contributed by atoms with van der Waals surface area (Å²) in [5, 5.41) is 0. The van der Waals surface area contributed by atoms with Gasteiger partial charge in [-0.2, -0.15) is 0 Å². The number of aryl methyl sites for hydroxylation is 1. The van der Waals surface area contributed by atoms with Crippen LogP contribution in [-0.2, 0) is 27.8 Å². The first-order valence-electron chi connectivity index (χ1n) is 12.2. The average Bonchev–Trinajstić information content (AvgIpc) is 3.41. The van der Waals surface area contributed by atoms with Gasteiger partial charge in [-0.15, -0.1) is 0 Å². The number of ether oxygens (including phenoxy) is 1. The summed E-state index contributed by atoms with van der Waals surface area (Å²) in [6.45, 7) is 7.30. The van der Waals surface area contributed by atoms with Gasteiger partial charge in [0.15, 0.2) is 0 Å². The summed E-state index contributed by atoms with van der Waals surface area (Å²) in [7, 11) is -3.61. The second-order valence-electron chi connectivity index (χ2n) is 8.95. The number of carbonyl (C=O) groups is 1. The van der Waals surface area contributed by atoms with Gasteiger partial charge in [-0.1, -0.05) is 29.8 Å². The summed E-state index contributed by atoms with van der Waals surface area (Å²) in [5.41, 5.74) is 2.32. The molecular formula is C27H33N3O5S. The fourth-order valence-corrected chi connectivity index (χ4v) is 5.10. The second kappa shape index (κ2) is 12.3. The highest BCUT2D eigenvalue weighted by Crippen LogP contribution is 2.15. The molecule has 1 fully saturated rings. The number of nitrogens with one attached hydrogen (secondary N) is 1. The number of morpholine rings is 1. The van der Waals surface area contributed by atoms with Crippen molar-refractivity contribution < 1.29 is 22.4 Å². The lowest BCUT2D eigenvalue weighted by atomic mass is 10.1. The number of sulfonamides is 1. The average molecular weight is 512 g/mol. The molecule has 1 N–H and O–H groups in total. The van der Waals surface area contributed by atoms with Gasteiger partial charge >= 0.3 is 0 Å². The molecule has 1 amide bonds. The molecule has 1 aliphatic heterocycles. The number of hydrogen-bond donors (Lipinski definition) is 1. The standard InChI is InChI=1S/C27H33N3O5S/c1-22-5-11-26(12-6-22)36(32,33)28-20-23-7-9-24(10-8-23)27(31)30(21-25-4-2-17-35-25)14-3-13-29-15-18-34-19-16-29/h2,4-12,17,28H,3,13-16,18-21H2,1H3. The van der Waals surface area contributed by atoms with Crippen LogP contribution in [0.3, 0.4) is 0 Å². The van der Waals surface area contributed by atoms with E-state index in [0.717, 1.165) is 56.2 Å². The second-order valence-corrected chi connectivity index (χ2v) is 10.7. The number of furan rings is 1. The topological polar surface area (TPSA) is 92.1 Å². The SMILES string of the molecule is Cc1ccc(S(=O)(=O)NCc2ccc(C(=O)N(CCCN3CCOCC3)Cc3ccco3)cc2)cc1. The Balaban J connectivity index is 1.36. The van der Waals surface area contributed by atoms with Crippen molar-refractivity contribution in [3.63, 3.8) is 0 Å². The molecule has 3 aromatic rings. The Morgan fingerprint density at radius 1 is 1.03 bits per heavy atom. The maximum absolute atomic E-state index is 13.3. The normalized spacial score (nSPS) is 14.6. The maximum atomic E-state index is 13.3. The van der Waals surface area contributed by atoms with Crippen LogP contribution < -0.4 is 4.72 Å². The number of nitrogens with zero attached hydrogens (tertiary/aromatic N) is 2. The minimum absolute atomic E-state index is 0.0832. The van der Waals surface area contributed by atoms with Crippen molar-refractivity contribution in [3.8, 4) is 0 Å². The molecule has 2 aromatic carbocycles. The van der Waals surface area contributed by atoms with E-state index in [2.05, 4.69) is 9.62 Å². The van der Waals surface area contributed by atoms with Crippen molar-refractivity contribution in [2.45, 2.75) is 31.3 Å². The van der Waals surface area contributed by atoms with Crippen molar-refractivity contribution >= 4 is 15.9 Å². The number of amides is 1. The molecule has 0 radical (unpaired) electrons. The van der Waals surface area contributed by atoms with Crippen LogP contribution in [0.4, 0.5) is 0 Å². The fraction of sp³-hybridized carbons (Fsp3) is 0.370. The summed E-state index contributed by atoms with van der Waals surface area (Å²) in [4.78, 5) is 17.7. The number of hydrogen-bond acceptors (Lipinski definition) is 6. The highest BCUT2D eigenvalue weighted by atomic mass is 32.2. The Morgan fingerprint density at radius 2 is 1.75 bits per heavy atom. The maximum Gasteiger partial charge on any atom is 0.254 e. The summed E-state index contributed by atoms with van der Waals surface area (Å²) >= 11 is 0. The van der Waals surface area contributed by atoms with Gasteiger partial charge in [0.1, 0.15) is 5.76 Å². The van der Waals surface area contributed by atoms with Crippen LogP contribution in [0, 0.1) is 6.92 Å². The number of rotatable bonds is 11. The lowest BCUT2D eigenvalue weighted by Gasteiger charge is -2.28. The van der Waals surface area contributed by atoms with Crippen LogP contribution in [0.2, 0.25) is 0 Å². The van der Waals surface area contributed by atoms with E-state index in [1.54, 1.807) is 59.7 Å². The van der Waals surface area contributed by atoms with Crippen LogP contribution in [0.15, 0.2) is 76.2 Å². The van der Waals surface area contributed by atoms with Crippen LogP contribution >= 0.6 is 0 Å². The molecule has 0 unspecified atom stereocenters.